The third-order valence-electron chi connectivity index (χ3n) is 1.43. The molecule has 1 aromatic heterocycles. The number of nitrogen functional groups attached to an aromatic ring is 2. The molecule has 0 radical (unpaired) electrons. The molecule has 1 rings (SSSR count). The van der Waals surface area contributed by atoms with E-state index in [1.54, 1.807) is 0 Å². The second-order valence-electron chi connectivity index (χ2n) is 2.65. The molecule has 0 amide bonds. The zero-order valence-electron chi connectivity index (χ0n) is 7.93. The molecular formula is C7H10N6O2. The summed E-state index contributed by atoms with van der Waals surface area (Å²) >= 11 is 0. The topological polar surface area (TPSA) is 140 Å². The Labute approximate surface area is 85.0 Å². The monoisotopic (exact) mass is 210 g/mol. The Hall–Kier alpha value is -2.38. The van der Waals surface area contributed by atoms with Gasteiger partial charge < -0.3 is 21.9 Å². The fourth-order valence-corrected chi connectivity index (χ4v) is 0.708. The summed E-state index contributed by atoms with van der Waals surface area (Å²) in [6.45, 7) is 1.42. The highest BCUT2D eigenvalue weighted by Crippen LogP contribution is 2.04. The van der Waals surface area contributed by atoms with E-state index in [-0.39, 0.29) is 23.4 Å². The van der Waals surface area contributed by atoms with Crippen molar-refractivity contribution in [1.82, 2.24) is 15.0 Å². The minimum Gasteiger partial charge on any atom is -0.478 e. The molecule has 0 saturated carbocycles. The molecule has 0 bridgehead atoms. The van der Waals surface area contributed by atoms with Crippen LogP contribution in [-0.4, -0.2) is 26.0 Å². The summed E-state index contributed by atoms with van der Waals surface area (Å²) in [6.07, 6.45) is 1.23. The van der Waals surface area contributed by atoms with E-state index >= 15 is 0 Å². The first kappa shape index (κ1) is 10.7. The SMILES string of the molecule is CC(=CNc1nc(N)nc(N)n1)C(=O)O. The van der Waals surface area contributed by atoms with Gasteiger partial charge in [0.2, 0.25) is 17.8 Å². The number of hydrogen-bond donors (Lipinski definition) is 4. The predicted molar refractivity (Wildman–Crippen MR) is 53.7 cm³/mol. The molecular weight excluding hydrogens is 200 g/mol. The Balaban J connectivity index is 2.82. The van der Waals surface area contributed by atoms with E-state index in [0.717, 1.165) is 0 Å². The van der Waals surface area contributed by atoms with Gasteiger partial charge in [0.05, 0.1) is 0 Å². The van der Waals surface area contributed by atoms with Gasteiger partial charge in [-0.15, -0.1) is 0 Å². The van der Waals surface area contributed by atoms with Gasteiger partial charge in [-0.1, -0.05) is 0 Å². The zero-order valence-corrected chi connectivity index (χ0v) is 7.93. The van der Waals surface area contributed by atoms with E-state index in [1.165, 1.54) is 13.1 Å². The Morgan fingerprint density at radius 2 is 1.87 bits per heavy atom. The van der Waals surface area contributed by atoms with Crippen LogP contribution in [0.25, 0.3) is 0 Å². The van der Waals surface area contributed by atoms with Gasteiger partial charge >= 0.3 is 5.97 Å². The minimum absolute atomic E-state index is 0.0358. The van der Waals surface area contributed by atoms with Crippen LogP contribution in [0.15, 0.2) is 11.8 Å². The quantitative estimate of drug-likeness (QED) is 0.486. The van der Waals surface area contributed by atoms with Gasteiger partial charge in [-0.3, -0.25) is 0 Å². The number of aliphatic carboxylic acids is 1. The van der Waals surface area contributed by atoms with Crippen molar-refractivity contribution < 1.29 is 9.90 Å². The highest BCUT2D eigenvalue weighted by Gasteiger charge is 2.02. The van der Waals surface area contributed by atoms with Gasteiger partial charge in [0, 0.05) is 11.8 Å². The van der Waals surface area contributed by atoms with Crippen molar-refractivity contribution in [1.29, 1.82) is 0 Å². The predicted octanol–water partition coefficient (Wildman–Crippen LogP) is -0.564. The maximum absolute atomic E-state index is 10.4. The van der Waals surface area contributed by atoms with Crippen LogP contribution in [0.3, 0.4) is 0 Å². The number of carbonyl (C=O) groups is 1. The van der Waals surface area contributed by atoms with Crippen molar-refractivity contribution in [3.63, 3.8) is 0 Å². The summed E-state index contributed by atoms with van der Waals surface area (Å²) in [5, 5.41) is 11.1. The summed E-state index contributed by atoms with van der Waals surface area (Å²) in [5.41, 5.74) is 10.7. The average molecular weight is 210 g/mol. The van der Waals surface area contributed by atoms with Crippen molar-refractivity contribution in [2.45, 2.75) is 6.92 Å². The Bertz CT molecular complexity index is 396. The van der Waals surface area contributed by atoms with Gasteiger partial charge in [0.15, 0.2) is 0 Å². The van der Waals surface area contributed by atoms with Crippen LogP contribution < -0.4 is 16.8 Å². The van der Waals surface area contributed by atoms with E-state index in [0.29, 0.717) is 0 Å². The number of anilines is 3. The number of aromatic nitrogens is 3. The Morgan fingerprint density at radius 1 is 1.33 bits per heavy atom. The molecule has 80 valence electrons. The van der Waals surface area contributed by atoms with E-state index in [4.69, 9.17) is 16.6 Å². The van der Waals surface area contributed by atoms with Crippen molar-refractivity contribution in [3.8, 4) is 0 Å². The lowest BCUT2D eigenvalue weighted by molar-refractivity contribution is -0.132. The van der Waals surface area contributed by atoms with E-state index < -0.39 is 5.97 Å². The molecule has 6 N–H and O–H groups in total. The molecule has 0 aliphatic rings. The third-order valence-corrected chi connectivity index (χ3v) is 1.43. The standard InChI is InChI=1S/C7H10N6O2/c1-3(4(14)15)2-10-7-12-5(8)11-6(9)13-7/h2H,1H3,(H,14,15)(H5,8,9,10,11,12,13). The number of hydrogen-bond acceptors (Lipinski definition) is 7. The molecule has 0 unspecified atom stereocenters. The Kier molecular flexibility index (Phi) is 3.01. The smallest absolute Gasteiger partial charge is 0.332 e. The van der Waals surface area contributed by atoms with Gasteiger partial charge in [-0.25, -0.2) is 4.79 Å². The molecule has 0 aliphatic heterocycles. The molecule has 8 heteroatoms. The lowest BCUT2D eigenvalue weighted by Crippen LogP contribution is -2.07. The molecule has 0 fully saturated rings. The van der Waals surface area contributed by atoms with E-state index in [1.807, 2.05) is 0 Å². The van der Waals surface area contributed by atoms with Crippen molar-refractivity contribution in [2.75, 3.05) is 16.8 Å². The number of nitrogens with zero attached hydrogens (tertiary/aromatic N) is 3. The molecule has 0 atom stereocenters. The normalized spacial score (nSPS) is 11.1. The maximum atomic E-state index is 10.4. The lowest BCUT2D eigenvalue weighted by Gasteiger charge is -2.01. The second-order valence-corrected chi connectivity index (χ2v) is 2.65. The van der Waals surface area contributed by atoms with Gasteiger partial charge in [0.25, 0.3) is 0 Å². The molecule has 0 aliphatic carbocycles. The fourth-order valence-electron chi connectivity index (χ4n) is 0.708. The molecule has 0 saturated heterocycles. The van der Waals surface area contributed by atoms with Gasteiger partial charge in [-0.05, 0) is 6.92 Å². The molecule has 1 aromatic rings. The first-order valence-corrected chi connectivity index (χ1v) is 3.92. The van der Waals surface area contributed by atoms with Gasteiger partial charge in [-0.2, -0.15) is 15.0 Å². The van der Waals surface area contributed by atoms with Crippen LogP contribution in [-0.2, 0) is 4.79 Å². The summed E-state index contributed by atoms with van der Waals surface area (Å²) in [5.74, 6) is -1.02. The van der Waals surface area contributed by atoms with Crippen LogP contribution in [0.2, 0.25) is 0 Å². The highest BCUT2D eigenvalue weighted by molar-refractivity contribution is 5.86. The number of carboxylic acid groups (broad SMARTS) is 1. The number of nitrogens with two attached hydrogens (primary N) is 2. The van der Waals surface area contributed by atoms with Crippen molar-refractivity contribution in [3.05, 3.63) is 11.8 Å². The van der Waals surface area contributed by atoms with Crippen LogP contribution >= 0.6 is 0 Å². The maximum Gasteiger partial charge on any atom is 0.332 e. The number of nitrogens with one attached hydrogen (secondary N) is 1. The molecule has 15 heavy (non-hydrogen) atoms. The lowest BCUT2D eigenvalue weighted by atomic mass is 10.3. The summed E-state index contributed by atoms with van der Waals surface area (Å²) in [4.78, 5) is 21.4. The Morgan fingerprint density at radius 3 is 2.33 bits per heavy atom. The third kappa shape index (κ3) is 3.10. The summed E-state index contributed by atoms with van der Waals surface area (Å²) in [6, 6.07) is 0. The van der Waals surface area contributed by atoms with Crippen LogP contribution in [0.1, 0.15) is 6.92 Å². The first-order valence-electron chi connectivity index (χ1n) is 3.92. The van der Waals surface area contributed by atoms with Crippen LogP contribution in [0, 0.1) is 0 Å². The summed E-state index contributed by atoms with van der Waals surface area (Å²) < 4.78 is 0. The fraction of sp³-hybridized carbons (Fsp3) is 0.143. The highest BCUT2D eigenvalue weighted by atomic mass is 16.4. The zero-order chi connectivity index (χ0) is 11.4. The van der Waals surface area contributed by atoms with Crippen LogP contribution in [0.4, 0.5) is 17.8 Å². The van der Waals surface area contributed by atoms with E-state index in [9.17, 15) is 4.79 Å². The minimum atomic E-state index is -1.04. The molecule has 1 heterocycles. The first-order chi connectivity index (χ1) is 6.99. The van der Waals surface area contributed by atoms with Crippen molar-refractivity contribution in [2.24, 2.45) is 0 Å². The van der Waals surface area contributed by atoms with Crippen molar-refractivity contribution >= 4 is 23.8 Å². The van der Waals surface area contributed by atoms with Crippen LogP contribution in [0.5, 0.6) is 0 Å². The van der Waals surface area contributed by atoms with E-state index in [2.05, 4.69) is 20.3 Å². The molecule has 0 spiro atoms. The second kappa shape index (κ2) is 4.22. The summed E-state index contributed by atoms with van der Waals surface area (Å²) in [7, 11) is 0. The number of rotatable bonds is 3. The molecule has 0 aromatic carbocycles. The molecule has 8 nitrogen and oxygen atoms in total. The average Bonchev–Trinajstić information content (AvgIpc) is 2.12. The largest absolute Gasteiger partial charge is 0.478 e. The van der Waals surface area contributed by atoms with Gasteiger partial charge in [0.1, 0.15) is 0 Å². The number of carboxylic acids is 1.